The molecule has 2 aromatic rings. The number of furan rings is 1. The summed E-state index contributed by atoms with van der Waals surface area (Å²) in [7, 11) is 1.77. The molecular formula is C16H23ClN4O2. The fourth-order valence-corrected chi connectivity index (χ4v) is 2.79. The van der Waals surface area contributed by atoms with E-state index in [0.29, 0.717) is 18.3 Å². The Labute approximate surface area is 142 Å². The SMILES string of the molecule is Cc1ccc(CN(C)C(=O)c2ccn(C3CCCNC3)n2)o1.Cl. The molecule has 1 fully saturated rings. The molecule has 0 spiro atoms. The van der Waals surface area contributed by atoms with Gasteiger partial charge in [-0.15, -0.1) is 12.4 Å². The van der Waals surface area contributed by atoms with Gasteiger partial charge in [-0.2, -0.15) is 5.10 Å². The van der Waals surface area contributed by atoms with E-state index >= 15 is 0 Å². The van der Waals surface area contributed by atoms with Crippen LogP contribution in [0.25, 0.3) is 0 Å². The Kier molecular flexibility index (Phi) is 5.85. The smallest absolute Gasteiger partial charge is 0.274 e. The van der Waals surface area contributed by atoms with E-state index in [1.54, 1.807) is 18.0 Å². The van der Waals surface area contributed by atoms with Crippen molar-refractivity contribution in [3.8, 4) is 0 Å². The van der Waals surface area contributed by atoms with Gasteiger partial charge in [0.2, 0.25) is 0 Å². The topological polar surface area (TPSA) is 63.3 Å². The largest absolute Gasteiger partial charge is 0.464 e. The van der Waals surface area contributed by atoms with Crippen LogP contribution in [-0.2, 0) is 6.54 Å². The first-order valence-corrected chi connectivity index (χ1v) is 7.70. The van der Waals surface area contributed by atoms with Gasteiger partial charge in [0.05, 0.1) is 12.6 Å². The molecule has 1 aliphatic heterocycles. The van der Waals surface area contributed by atoms with Crippen LogP contribution in [0, 0.1) is 6.92 Å². The monoisotopic (exact) mass is 338 g/mol. The number of hydrogen-bond acceptors (Lipinski definition) is 4. The average molecular weight is 339 g/mol. The van der Waals surface area contributed by atoms with Gasteiger partial charge in [-0.25, -0.2) is 0 Å². The number of halogens is 1. The van der Waals surface area contributed by atoms with Crippen LogP contribution in [0.3, 0.4) is 0 Å². The highest BCUT2D eigenvalue weighted by atomic mass is 35.5. The Morgan fingerprint density at radius 1 is 1.48 bits per heavy atom. The third kappa shape index (κ3) is 4.14. The number of aromatic nitrogens is 2. The lowest BCUT2D eigenvalue weighted by molar-refractivity contribution is 0.0767. The molecule has 1 amide bonds. The third-order valence-electron chi connectivity index (χ3n) is 4.01. The van der Waals surface area contributed by atoms with Gasteiger partial charge in [-0.3, -0.25) is 9.48 Å². The van der Waals surface area contributed by atoms with E-state index < -0.39 is 0 Å². The summed E-state index contributed by atoms with van der Waals surface area (Å²) in [5.41, 5.74) is 0.483. The zero-order valence-electron chi connectivity index (χ0n) is 13.5. The lowest BCUT2D eigenvalue weighted by Gasteiger charge is -2.23. The predicted octanol–water partition coefficient (Wildman–Crippen LogP) is 2.40. The molecule has 1 N–H and O–H groups in total. The summed E-state index contributed by atoms with van der Waals surface area (Å²) in [6.07, 6.45) is 4.14. The highest BCUT2D eigenvalue weighted by Crippen LogP contribution is 2.16. The van der Waals surface area contributed by atoms with E-state index in [-0.39, 0.29) is 18.3 Å². The molecule has 23 heavy (non-hydrogen) atoms. The van der Waals surface area contributed by atoms with Crippen molar-refractivity contribution in [2.45, 2.75) is 32.4 Å². The molecule has 3 heterocycles. The van der Waals surface area contributed by atoms with Crippen molar-refractivity contribution in [1.82, 2.24) is 20.0 Å². The Hall–Kier alpha value is -1.79. The minimum absolute atomic E-state index is 0. The number of nitrogens with zero attached hydrogens (tertiary/aromatic N) is 3. The maximum Gasteiger partial charge on any atom is 0.274 e. The number of carbonyl (C=O) groups excluding carboxylic acids is 1. The molecule has 0 saturated carbocycles. The molecule has 1 unspecified atom stereocenters. The molecule has 0 aromatic carbocycles. The van der Waals surface area contributed by atoms with E-state index in [0.717, 1.165) is 37.5 Å². The molecule has 1 atom stereocenters. The molecule has 1 aliphatic rings. The summed E-state index contributed by atoms with van der Waals surface area (Å²) in [5.74, 6) is 1.55. The van der Waals surface area contributed by atoms with Crippen molar-refractivity contribution in [2.24, 2.45) is 0 Å². The quantitative estimate of drug-likeness (QED) is 0.929. The van der Waals surface area contributed by atoms with Gasteiger partial charge in [-0.05, 0) is 44.5 Å². The Morgan fingerprint density at radius 3 is 2.96 bits per heavy atom. The highest BCUT2D eigenvalue weighted by Gasteiger charge is 2.20. The summed E-state index contributed by atoms with van der Waals surface area (Å²) in [6.45, 7) is 4.32. The van der Waals surface area contributed by atoms with Crippen LogP contribution in [-0.4, -0.2) is 40.7 Å². The van der Waals surface area contributed by atoms with Crippen molar-refractivity contribution in [3.63, 3.8) is 0 Å². The van der Waals surface area contributed by atoms with Crippen molar-refractivity contribution in [3.05, 3.63) is 41.6 Å². The lowest BCUT2D eigenvalue weighted by Crippen LogP contribution is -2.32. The zero-order valence-corrected chi connectivity index (χ0v) is 14.3. The average Bonchev–Trinajstić information content (AvgIpc) is 3.17. The highest BCUT2D eigenvalue weighted by molar-refractivity contribution is 5.91. The van der Waals surface area contributed by atoms with Gasteiger partial charge >= 0.3 is 0 Å². The standard InChI is InChI=1S/C16H22N4O2.ClH/c1-12-5-6-14(22-12)11-19(2)16(21)15-7-9-20(18-15)13-4-3-8-17-10-13;/h5-7,9,13,17H,3-4,8,10-11H2,1-2H3;1H. The maximum atomic E-state index is 12.4. The van der Waals surface area contributed by atoms with Crippen LogP contribution in [0.4, 0.5) is 0 Å². The molecule has 1 saturated heterocycles. The summed E-state index contributed by atoms with van der Waals surface area (Å²) in [5, 5.41) is 7.82. The van der Waals surface area contributed by atoms with Gasteiger partial charge in [-0.1, -0.05) is 0 Å². The number of carbonyl (C=O) groups is 1. The minimum Gasteiger partial charge on any atom is -0.464 e. The Morgan fingerprint density at radius 2 is 2.30 bits per heavy atom. The first-order valence-electron chi connectivity index (χ1n) is 7.70. The van der Waals surface area contributed by atoms with Crippen molar-refractivity contribution in [1.29, 1.82) is 0 Å². The number of hydrogen-bond donors (Lipinski definition) is 1. The van der Waals surface area contributed by atoms with E-state index in [4.69, 9.17) is 4.42 Å². The third-order valence-corrected chi connectivity index (χ3v) is 4.01. The van der Waals surface area contributed by atoms with Crippen molar-refractivity contribution < 1.29 is 9.21 Å². The van der Waals surface area contributed by atoms with Crippen LogP contribution < -0.4 is 5.32 Å². The summed E-state index contributed by atoms with van der Waals surface area (Å²) >= 11 is 0. The molecule has 0 bridgehead atoms. The zero-order chi connectivity index (χ0) is 15.5. The van der Waals surface area contributed by atoms with Crippen LogP contribution in [0.5, 0.6) is 0 Å². The van der Waals surface area contributed by atoms with Gasteiger partial charge in [0.1, 0.15) is 17.2 Å². The van der Waals surface area contributed by atoms with Gasteiger partial charge in [0.15, 0.2) is 0 Å². The number of piperidine rings is 1. The molecule has 0 radical (unpaired) electrons. The van der Waals surface area contributed by atoms with Gasteiger partial charge < -0.3 is 14.6 Å². The molecular weight excluding hydrogens is 316 g/mol. The summed E-state index contributed by atoms with van der Waals surface area (Å²) in [4.78, 5) is 14.1. The molecule has 0 aliphatic carbocycles. The van der Waals surface area contributed by atoms with Gasteiger partial charge in [0.25, 0.3) is 5.91 Å². The van der Waals surface area contributed by atoms with Crippen LogP contribution >= 0.6 is 12.4 Å². The van der Waals surface area contributed by atoms with E-state index in [1.165, 1.54) is 0 Å². The van der Waals surface area contributed by atoms with Crippen LogP contribution in [0.15, 0.2) is 28.8 Å². The molecule has 2 aromatic heterocycles. The Balaban J connectivity index is 0.00000192. The first-order chi connectivity index (χ1) is 10.6. The number of amides is 1. The summed E-state index contributed by atoms with van der Waals surface area (Å²) < 4.78 is 7.42. The van der Waals surface area contributed by atoms with Crippen molar-refractivity contribution in [2.75, 3.05) is 20.1 Å². The second-order valence-electron chi connectivity index (χ2n) is 5.85. The van der Waals surface area contributed by atoms with Crippen LogP contribution in [0.1, 0.15) is 40.9 Å². The number of rotatable bonds is 4. The first kappa shape index (κ1) is 17.6. The molecule has 126 valence electrons. The summed E-state index contributed by atoms with van der Waals surface area (Å²) in [6, 6.07) is 5.93. The molecule has 6 nitrogen and oxygen atoms in total. The normalized spacial score (nSPS) is 17.6. The maximum absolute atomic E-state index is 12.4. The minimum atomic E-state index is -0.0865. The second-order valence-corrected chi connectivity index (χ2v) is 5.85. The molecule has 7 heteroatoms. The van der Waals surface area contributed by atoms with Crippen molar-refractivity contribution >= 4 is 18.3 Å². The Bertz CT molecular complexity index is 646. The van der Waals surface area contributed by atoms with Crippen LogP contribution in [0.2, 0.25) is 0 Å². The van der Waals surface area contributed by atoms with Gasteiger partial charge in [0, 0.05) is 19.8 Å². The molecule has 3 rings (SSSR count). The fraction of sp³-hybridized carbons (Fsp3) is 0.500. The second kappa shape index (κ2) is 7.66. The predicted molar refractivity (Wildman–Crippen MR) is 89.9 cm³/mol. The fourth-order valence-electron chi connectivity index (χ4n) is 2.79. The van der Waals surface area contributed by atoms with E-state index in [2.05, 4.69) is 10.4 Å². The van der Waals surface area contributed by atoms with E-state index in [9.17, 15) is 4.79 Å². The van der Waals surface area contributed by atoms with E-state index in [1.807, 2.05) is 29.9 Å². The lowest BCUT2D eigenvalue weighted by atomic mass is 10.1. The number of nitrogens with one attached hydrogen (secondary N) is 1. The number of aryl methyl sites for hydroxylation is 1.